The van der Waals surface area contributed by atoms with Crippen molar-refractivity contribution < 1.29 is 18.4 Å². The summed E-state index contributed by atoms with van der Waals surface area (Å²) in [5.41, 5.74) is -0.931. The molecule has 0 saturated carbocycles. The number of nitrogens with zero attached hydrogens (tertiary/aromatic N) is 1. The second-order valence-corrected chi connectivity index (χ2v) is 3.12. The van der Waals surface area contributed by atoms with Gasteiger partial charge in [-0.1, -0.05) is 0 Å². The molecule has 5 heteroatoms. The first-order valence-corrected chi connectivity index (χ1v) is 4.33. The number of ketones is 1. The first kappa shape index (κ1) is 12.0. The molecule has 3 nitrogen and oxygen atoms in total. The van der Waals surface area contributed by atoms with Gasteiger partial charge in [0.2, 0.25) is 0 Å². The van der Waals surface area contributed by atoms with Crippen LogP contribution in [0.2, 0.25) is 0 Å². The predicted molar refractivity (Wildman–Crippen MR) is 51.5 cm³/mol. The van der Waals surface area contributed by atoms with Gasteiger partial charge in [0.05, 0.1) is 11.6 Å². The van der Waals surface area contributed by atoms with Gasteiger partial charge in [0.15, 0.2) is 12.1 Å². The molecule has 0 unspecified atom stereocenters. The SMILES string of the molecule is CC(=O)c1c(C#N)cc(C(F)F)cc1C=O. The fraction of sp³-hybridized carbons (Fsp3) is 0.182. The van der Waals surface area contributed by atoms with E-state index in [0.29, 0.717) is 6.29 Å². The minimum Gasteiger partial charge on any atom is -0.298 e. The van der Waals surface area contributed by atoms with E-state index in [-0.39, 0.29) is 16.7 Å². The summed E-state index contributed by atoms with van der Waals surface area (Å²) in [6.07, 6.45) is -2.49. The van der Waals surface area contributed by atoms with Crippen molar-refractivity contribution in [2.45, 2.75) is 13.3 Å². The van der Waals surface area contributed by atoms with Crippen LogP contribution in [-0.2, 0) is 0 Å². The smallest absolute Gasteiger partial charge is 0.263 e. The Morgan fingerprint density at radius 2 is 2.12 bits per heavy atom. The molecule has 0 aliphatic rings. The summed E-state index contributed by atoms with van der Waals surface area (Å²) in [5, 5.41) is 8.73. The van der Waals surface area contributed by atoms with Crippen LogP contribution in [0.4, 0.5) is 8.78 Å². The molecule has 0 spiro atoms. The highest BCUT2D eigenvalue weighted by atomic mass is 19.3. The number of hydrogen-bond acceptors (Lipinski definition) is 3. The molecule has 0 fully saturated rings. The molecule has 1 rings (SSSR count). The second kappa shape index (κ2) is 4.62. The molecule has 0 aliphatic carbocycles. The van der Waals surface area contributed by atoms with Gasteiger partial charge in [0.25, 0.3) is 6.43 Å². The van der Waals surface area contributed by atoms with Crippen LogP contribution in [0.5, 0.6) is 0 Å². The number of benzene rings is 1. The van der Waals surface area contributed by atoms with Crippen LogP contribution in [-0.4, -0.2) is 12.1 Å². The van der Waals surface area contributed by atoms with Crippen molar-refractivity contribution in [3.8, 4) is 6.07 Å². The van der Waals surface area contributed by atoms with E-state index in [9.17, 15) is 18.4 Å². The van der Waals surface area contributed by atoms with Crippen LogP contribution < -0.4 is 0 Å². The van der Waals surface area contributed by atoms with E-state index in [0.717, 1.165) is 12.1 Å². The molecule has 0 radical (unpaired) electrons. The molecule has 82 valence electrons. The largest absolute Gasteiger partial charge is 0.298 e. The zero-order valence-corrected chi connectivity index (χ0v) is 8.33. The first-order chi connectivity index (χ1) is 7.51. The fourth-order valence-electron chi connectivity index (χ4n) is 1.39. The summed E-state index contributed by atoms with van der Waals surface area (Å²) in [5.74, 6) is -0.500. The average molecular weight is 223 g/mol. The molecular weight excluding hydrogens is 216 g/mol. The first-order valence-electron chi connectivity index (χ1n) is 4.33. The van der Waals surface area contributed by atoms with E-state index in [1.54, 1.807) is 6.07 Å². The molecule has 0 amide bonds. The van der Waals surface area contributed by atoms with Crippen molar-refractivity contribution in [2.24, 2.45) is 0 Å². The Kier molecular flexibility index (Phi) is 3.46. The molecule has 16 heavy (non-hydrogen) atoms. The van der Waals surface area contributed by atoms with Gasteiger partial charge in [0, 0.05) is 16.7 Å². The summed E-state index contributed by atoms with van der Waals surface area (Å²) in [6.45, 7) is 1.17. The van der Waals surface area contributed by atoms with Crippen LogP contribution >= 0.6 is 0 Å². The molecule has 0 saturated heterocycles. The highest BCUT2D eigenvalue weighted by molar-refractivity contribution is 6.03. The number of carbonyl (C=O) groups excluding carboxylic acids is 2. The van der Waals surface area contributed by atoms with Crippen molar-refractivity contribution in [2.75, 3.05) is 0 Å². The number of hydrogen-bond donors (Lipinski definition) is 0. The van der Waals surface area contributed by atoms with Crippen LogP contribution in [0.3, 0.4) is 0 Å². The van der Waals surface area contributed by atoms with E-state index in [1.807, 2.05) is 0 Å². The number of alkyl halides is 2. The second-order valence-electron chi connectivity index (χ2n) is 3.12. The van der Waals surface area contributed by atoms with E-state index < -0.39 is 17.8 Å². The number of rotatable bonds is 3. The lowest BCUT2D eigenvalue weighted by atomic mass is 9.96. The molecule has 0 aliphatic heterocycles. The predicted octanol–water partition coefficient (Wildman–Crippen LogP) is 2.51. The zero-order chi connectivity index (χ0) is 12.3. The van der Waals surface area contributed by atoms with Gasteiger partial charge in [-0.25, -0.2) is 8.78 Å². The van der Waals surface area contributed by atoms with E-state index in [4.69, 9.17) is 5.26 Å². The normalized spacial score (nSPS) is 9.94. The van der Waals surface area contributed by atoms with Crippen molar-refractivity contribution in [3.05, 3.63) is 34.4 Å². The minimum atomic E-state index is -2.79. The van der Waals surface area contributed by atoms with Crippen molar-refractivity contribution in [1.82, 2.24) is 0 Å². The zero-order valence-electron chi connectivity index (χ0n) is 8.33. The molecule has 1 aromatic rings. The maximum atomic E-state index is 12.4. The van der Waals surface area contributed by atoms with Gasteiger partial charge < -0.3 is 0 Å². The Morgan fingerprint density at radius 1 is 1.50 bits per heavy atom. The summed E-state index contributed by atoms with van der Waals surface area (Å²) in [6, 6.07) is 3.48. The minimum absolute atomic E-state index is 0.109. The summed E-state index contributed by atoms with van der Waals surface area (Å²) in [4.78, 5) is 21.9. The topological polar surface area (TPSA) is 57.9 Å². The van der Waals surface area contributed by atoms with Gasteiger partial charge in [0.1, 0.15) is 0 Å². The van der Waals surface area contributed by atoms with Crippen LogP contribution in [0.1, 0.15) is 45.2 Å². The van der Waals surface area contributed by atoms with Crippen molar-refractivity contribution in [1.29, 1.82) is 5.26 Å². The maximum absolute atomic E-state index is 12.4. The average Bonchev–Trinajstić information content (AvgIpc) is 2.26. The van der Waals surface area contributed by atoms with Gasteiger partial charge in [-0.05, 0) is 19.1 Å². The van der Waals surface area contributed by atoms with E-state index >= 15 is 0 Å². The van der Waals surface area contributed by atoms with Gasteiger partial charge >= 0.3 is 0 Å². The third-order valence-corrected chi connectivity index (χ3v) is 2.04. The van der Waals surface area contributed by atoms with Gasteiger partial charge in [-0.2, -0.15) is 5.26 Å². The Bertz CT molecular complexity index is 489. The lowest BCUT2D eigenvalue weighted by molar-refractivity contribution is 0.100. The fourth-order valence-corrected chi connectivity index (χ4v) is 1.39. The van der Waals surface area contributed by atoms with E-state index in [2.05, 4.69) is 0 Å². The van der Waals surface area contributed by atoms with Crippen LogP contribution in [0.25, 0.3) is 0 Å². The number of carbonyl (C=O) groups is 2. The molecular formula is C11H7F2NO2. The lowest BCUT2D eigenvalue weighted by Gasteiger charge is -2.07. The van der Waals surface area contributed by atoms with Crippen LogP contribution in [0, 0.1) is 11.3 Å². The lowest BCUT2D eigenvalue weighted by Crippen LogP contribution is -2.04. The maximum Gasteiger partial charge on any atom is 0.263 e. The summed E-state index contributed by atoms with van der Waals surface area (Å²) >= 11 is 0. The molecule has 0 atom stereocenters. The summed E-state index contributed by atoms with van der Waals surface area (Å²) < 4.78 is 24.8. The van der Waals surface area contributed by atoms with Crippen molar-refractivity contribution in [3.63, 3.8) is 0 Å². The molecule has 0 N–H and O–H groups in total. The quantitative estimate of drug-likeness (QED) is 0.584. The standard InChI is InChI=1S/C11H7F2NO2/c1-6(16)10-8(4-14)2-7(11(12)13)3-9(10)5-15/h2-3,5,11H,1H3. The Balaban J connectivity index is 3.57. The van der Waals surface area contributed by atoms with Crippen molar-refractivity contribution >= 4 is 12.1 Å². The molecule has 1 aromatic carbocycles. The molecule has 0 bridgehead atoms. The number of Topliss-reactive ketones (excluding diaryl/α,β-unsaturated/α-hetero) is 1. The highest BCUT2D eigenvalue weighted by Crippen LogP contribution is 2.24. The number of aldehydes is 1. The molecule has 0 heterocycles. The molecule has 0 aromatic heterocycles. The highest BCUT2D eigenvalue weighted by Gasteiger charge is 2.17. The Hall–Kier alpha value is -2.09. The Labute approximate surface area is 90.3 Å². The van der Waals surface area contributed by atoms with Gasteiger partial charge in [-0.15, -0.1) is 0 Å². The van der Waals surface area contributed by atoms with E-state index in [1.165, 1.54) is 6.92 Å². The Morgan fingerprint density at radius 3 is 2.50 bits per heavy atom. The summed E-state index contributed by atoms with van der Waals surface area (Å²) in [7, 11) is 0. The third kappa shape index (κ3) is 2.11. The number of halogens is 2. The number of nitriles is 1. The monoisotopic (exact) mass is 223 g/mol. The van der Waals surface area contributed by atoms with Crippen LogP contribution in [0.15, 0.2) is 12.1 Å². The third-order valence-electron chi connectivity index (χ3n) is 2.04. The van der Waals surface area contributed by atoms with Gasteiger partial charge in [-0.3, -0.25) is 9.59 Å².